The molecule has 0 aliphatic heterocycles. The number of halogens is 1. The molecular formula is C17H23BrO6. The molecule has 1 aromatic rings. The minimum atomic E-state index is -1.89. The van der Waals surface area contributed by atoms with Crippen LogP contribution in [0.5, 0.6) is 11.5 Å². The number of benzene rings is 1. The topological polar surface area (TPSA) is 82.1 Å². The summed E-state index contributed by atoms with van der Waals surface area (Å²) in [6.45, 7) is 7.10. The predicted molar refractivity (Wildman–Crippen MR) is 92.6 cm³/mol. The first-order valence-corrected chi connectivity index (χ1v) is 8.09. The maximum atomic E-state index is 12.6. The van der Waals surface area contributed by atoms with E-state index in [9.17, 15) is 14.7 Å². The second-order valence-corrected chi connectivity index (χ2v) is 7.61. The molecule has 0 aromatic heterocycles. The molecular weight excluding hydrogens is 380 g/mol. The Bertz CT molecular complexity index is 635. The van der Waals surface area contributed by atoms with E-state index < -0.39 is 17.4 Å². The van der Waals surface area contributed by atoms with Gasteiger partial charge in [0.1, 0.15) is 0 Å². The molecule has 1 N–H and O–H groups in total. The summed E-state index contributed by atoms with van der Waals surface area (Å²) >= 11 is 3.31. The Kier molecular flexibility index (Phi) is 6.27. The van der Waals surface area contributed by atoms with Crippen LogP contribution in [0.25, 0.3) is 0 Å². The molecule has 0 amide bonds. The van der Waals surface area contributed by atoms with E-state index in [2.05, 4.69) is 15.9 Å². The lowest BCUT2D eigenvalue weighted by molar-refractivity contribution is -0.162. The van der Waals surface area contributed by atoms with E-state index in [1.54, 1.807) is 6.07 Å². The summed E-state index contributed by atoms with van der Waals surface area (Å²) < 4.78 is 16.1. The van der Waals surface area contributed by atoms with Crippen molar-refractivity contribution in [1.82, 2.24) is 0 Å². The molecule has 0 bridgehead atoms. The maximum Gasteiger partial charge on any atom is 0.327 e. The highest BCUT2D eigenvalue weighted by Gasteiger charge is 2.47. The highest BCUT2D eigenvalue weighted by molar-refractivity contribution is 9.10. The van der Waals surface area contributed by atoms with Crippen molar-refractivity contribution in [3.05, 3.63) is 22.2 Å². The van der Waals surface area contributed by atoms with Crippen LogP contribution in [0, 0.1) is 5.41 Å². The Morgan fingerprint density at radius 1 is 1.08 bits per heavy atom. The zero-order chi connectivity index (χ0) is 18.7. The summed E-state index contributed by atoms with van der Waals surface area (Å²) in [5.41, 5.74) is -1.93. The SMILES string of the molecule is COc1cc(Br)c(C(C)(C(=O)O)C(=O)OCC(C)(C)C)cc1OC. The van der Waals surface area contributed by atoms with Crippen LogP contribution in [-0.2, 0) is 19.7 Å². The van der Waals surface area contributed by atoms with Gasteiger partial charge in [-0.3, -0.25) is 9.59 Å². The van der Waals surface area contributed by atoms with Crippen LogP contribution in [0.3, 0.4) is 0 Å². The smallest absolute Gasteiger partial charge is 0.327 e. The number of carboxylic acid groups (broad SMARTS) is 1. The minimum absolute atomic E-state index is 0.111. The predicted octanol–water partition coefficient (Wildman–Crippen LogP) is 3.40. The Hall–Kier alpha value is -1.76. The number of carboxylic acids is 1. The van der Waals surface area contributed by atoms with Crippen molar-refractivity contribution >= 4 is 27.9 Å². The zero-order valence-electron chi connectivity index (χ0n) is 14.7. The lowest BCUT2D eigenvalue weighted by atomic mass is 9.82. The molecule has 0 aliphatic rings. The van der Waals surface area contributed by atoms with Crippen LogP contribution in [-0.4, -0.2) is 37.9 Å². The summed E-state index contributed by atoms with van der Waals surface area (Å²) in [6, 6.07) is 3.03. The van der Waals surface area contributed by atoms with Gasteiger partial charge in [-0.2, -0.15) is 0 Å². The molecule has 0 saturated carbocycles. The molecule has 7 heteroatoms. The molecule has 1 unspecified atom stereocenters. The Labute approximate surface area is 150 Å². The van der Waals surface area contributed by atoms with E-state index in [0.717, 1.165) is 0 Å². The summed E-state index contributed by atoms with van der Waals surface area (Å²) in [4.78, 5) is 24.5. The number of hydrogen-bond donors (Lipinski definition) is 1. The zero-order valence-corrected chi connectivity index (χ0v) is 16.3. The quantitative estimate of drug-likeness (QED) is 0.579. The van der Waals surface area contributed by atoms with Gasteiger partial charge in [-0.25, -0.2) is 0 Å². The monoisotopic (exact) mass is 402 g/mol. The number of esters is 1. The van der Waals surface area contributed by atoms with E-state index in [-0.39, 0.29) is 17.6 Å². The molecule has 24 heavy (non-hydrogen) atoms. The van der Waals surface area contributed by atoms with E-state index in [4.69, 9.17) is 14.2 Å². The number of rotatable bonds is 6. The highest BCUT2D eigenvalue weighted by Crippen LogP contribution is 2.40. The van der Waals surface area contributed by atoms with Gasteiger partial charge in [0.2, 0.25) is 0 Å². The van der Waals surface area contributed by atoms with Gasteiger partial charge in [-0.1, -0.05) is 36.7 Å². The first-order chi connectivity index (χ1) is 11.0. The molecule has 0 saturated heterocycles. The van der Waals surface area contributed by atoms with Crippen LogP contribution in [0.2, 0.25) is 0 Å². The fourth-order valence-corrected chi connectivity index (χ4v) is 2.70. The number of hydrogen-bond acceptors (Lipinski definition) is 5. The third kappa shape index (κ3) is 4.20. The Balaban J connectivity index is 3.39. The van der Waals surface area contributed by atoms with Crippen molar-refractivity contribution in [2.45, 2.75) is 33.1 Å². The van der Waals surface area contributed by atoms with Crippen molar-refractivity contribution in [2.75, 3.05) is 20.8 Å². The van der Waals surface area contributed by atoms with E-state index >= 15 is 0 Å². The standard InChI is InChI=1S/C17H23BrO6/c1-16(2,3)9-24-15(21)17(4,14(19)20)10-7-12(22-5)13(23-6)8-11(10)18/h7-8H,9H2,1-6H3,(H,19,20). The van der Waals surface area contributed by atoms with Gasteiger partial charge >= 0.3 is 11.9 Å². The van der Waals surface area contributed by atoms with Gasteiger partial charge in [0, 0.05) is 4.47 Å². The first-order valence-electron chi connectivity index (χ1n) is 7.30. The largest absolute Gasteiger partial charge is 0.493 e. The van der Waals surface area contributed by atoms with Gasteiger partial charge in [-0.15, -0.1) is 0 Å². The second-order valence-electron chi connectivity index (χ2n) is 6.75. The van der Waals surface area contributed by atoms with E-state index in [1.165, 1.54) is 27.2 Å². The first kappa shape index (κ1) is 20.3. The van der Waals surface area contributed by atoms with Gasteiger partial charge in [-0.05, 0) is 30.0 Å². The lowest BCUT2D eigenvalue weighted by Gasteiger charge is -2.27. The Morgan fingerprint density at radius 3 is 2.00 bits per heavy atom. The van der Waals surface area contributed by atoms with Crippen molar-refractivity contribution in [2.24, 2.45) is 5.41 Å². The Morgan fingerprint density at radius 2 is 1.58 bits per heavy atom. The summed E-state index contributed by atoms with van der Waals surface area (Å²) in [6.07, 6.45) is 0. The summed E-state index contributed by atoms with van der Waals surface area (Å²) in [5.74, 6) is -1.40. The third-order valence-electron chi connectivity index (χ3n) is 3.48. The summed E-state index contributed by atoms with van der Waals surface area (Å²) in [5, 5.41) is 9.71. The van der Waals surface area contributed by atoms with Gasteiger partial charge in [0.15, 0.2) is 16.9 Å². The van der Waals surface area contributed by atoms with Gasteiger partial charge < -0.3 is 19.3 Å². The second kappa shape index (κ2) is 7.42. The van der Waals surface area contributed by atoms with Crippen LogP contribution in [0.4, 0.5) is 0 Å². The number of methoxy groups -OCH3 is 2. The van der Waals surface area contributed by atoms with Gasteiger partial charge in [0.05, 0.1) is 20.8 Å². The lowest BCUT2D eigenvalue weighted by Crippen LogP contribution is -2.43. The fraction of sp³-hybridized carbons (Fsp3) is 0.529. The van der Waals surface area contributed by atoms with E-state index in [1.807, 2.05) is 20.8 Å². The van der Waals surface area contributed by atoms with E-state index in [0.29, 0.717) is 16.0 Å². The number of carbonyl (C=O) groups excluding carboxylic acids is 1. The van der Waals surface area contributed by atoms with Crippen molar-refractivity contribution in [3.63, 3.8) is 0 Å². The highest BCUT2D eigenvalue weighted by atomic mass is 79.9. The number of ether oxygens (including phenoxy) is 3. The van der Waals surface area contributed by atoms with Crippen molar-refractivity contribution in [3.8, 4) is 11.5 Å². The molecule has 6 nitrogen and oxygen atoms in total. The van der Waals surface area contributed by atoms with Crippen LogP contribution in [0.15, 0.2) is 16.6 Å². The minimum Gasteiger partial charge on any atom is -0.493 e. The normalized spacial score (nSPS) is 13.8. The van der Waals surface area contributed by atoms with Crippen LogP contribution < -0.4 is 9.47 Å². The molecule has 1 atom stereocenters. The molecule has 0 aliphatic carbocycles. The third-order valence-corrected chi connectivity index (χ3v) is 4.14. The molecule has 134 valence electrons. The molecule has 0 fully saturated rings. The van der Waals surface area contributed by atoms with Gasteiger partial charge in [0.25, 0.3) is 0 Å². The molecule has 0 radical (unpaired) electrons. The maximum absolute atomic E-state index is 12.6. The van der Waals surface area contributed by atoms with Crippen LogP contribution in [0.1, 0.15) is 33.3 Å². The van der Waals surface area contributed by atoms with Crippen LogP contribution >= 0.6 is 15.9 Å². The molecule has 1 aromatic carbocycles. The average Bonchev–Trinajstić information content (AvgIpc) is 2.50. The molecule has 1 rings (SSSR count). The number of aliphatic carboxylic acids is 1. The van der Waals surface area contributed by atoms with Crippen molar-refractivity contribution in [1.29, 1.82) is 0 Å². The summed E-state index contributed by atoms with van der Waals surface area (Å²) in [7, 11) is 2.91. The molecule has 0 heterocycles. The molecule has 0 spiro atoms. The number of carbonyl (C=O) groups is 2. The fourth-order valence-electron chi connectivity index (χ4n) is 1.98. The average molecular weight is 403 g/mol. The van der Waals surface area contributed by atoms with Crippen molar-refractivity contribution < 1.29 is 28.9 Å².